The molecule has 0 aliphatic heterocycles. The Kier molecular flexibility index (Phi) is 4.67. The van der Waals surface area contributed by atoms with Crippen molar-refractivity contribution in [2.24, 2.45) is 0 Å². The summed E-state index contributed by atoms with van der Waals surface area (Å²) in [7, 11) is 1.16. The first-order valence-corrected chi connectivity index (χ1v) is 5.56. The largest absolute Gasteiger partial charge is 0.465 e. The van der Waals surface area contributed by atoms with Gasteiger partial charge in [0.05, 0.1) is 11.6 Å². The summed E-state index contributed by atoms with van der Waals surface area (Å²) in [6.07, 6.45) is 0. The van der Waals surface area contributed by atoms with Crippen LogP contribution in [0.5, 0.6) is 5.75 Å². The number of ether oxygens (including phenoxy) is 2. The summed E-state index contributed by atoms with van der Waals surface area (Å²) in [5.41, 5.74) is -0.0796. The lowest BCUT2D eigenvalue weighted by atomic mass is 10.2. The standard InChI is InChI=1S/C9H6Br2F2O3/c1-15-8(14)5-2-4(10)3-6(11)7(5)16-9(12)13/h2-3,9H,1H3. The zero-order chi connectivity index (χ0) is 12.3. The van der Waals surface area contributed by atoms with Gasteiger partial charge >= 0.3 is 12.6 Å². The van der Waals surface area contributed by atoms with Crippen molar-refractivity contribution in [2.45, 2.75) is 6.61 Å². The van der Waals surface area contributed by atoms with Gasteiger partial charge in [-0.25, -0.2) is 4.79 Å². The van der Waals surface area contributed by atoms with E-state index < -0.39 is 12.6 Å². The van der Waals surface area contributed by atoms with Crippen LogP contribution in [0.25, 0.3) is 0 Å². The number of alkyl halides is 2. The first kappa shape index (κ1) is 13.4. The maximum Gasteiger partial charge on any atom is 0.387 e. The Bertz CT molecular complexity index is 410. The average Bonchev–Trinajstić information content (AvgIpc) is 2.20. The van der Waals surface area contributed by atoms with Crippen LogP contribution >= 0.6 is 31.9 Å². The summed E-state index contributed by atoms with van der Waals surface area (Å²) in [5.74, 6) is -0.997. The van der Waals surface area contributed by atoms with Crippen LogP contribution in [-0.4, -0.2) is 19.7 Å². The Morgan fingerprint density at radius 3 is 2.50 bits per heavy atom. The molecule has 0 fully saturated rings. The maximum atomic E-state index is 12.1. The maximum absolute atomic E-state index is 12.1. The Hall–Kier alpha value is -0.690. The third-order valence-corrected chi connectivity index (χ3v) is 2.67. The minimum atomic E-state index is -3.01. The van der Waals surface area contributed by atoms with Crippen LogP contribution in [0.15, 0.2) is 21.1 Å². The molecule has 0 atom stereocenters. The smallest absolute Gasteiger partial charge is 0.387 e. The monoisotopic (exact) mass is 358 g/mol. The number of hydrogen-bond donors (Lipinski definition) is 0. The predicted octanol–water partition coefficient (Wildman–Crippen LogP) is 3.60. The number of methoxy groups -OCH3 is 1. The highest BCUT2D eigenvalue weighted by Crippen LogP contribution is 2.34. The topological polar surface area (TPSA) is 35.5 Å². The Morgan fingerprint density at radius 1 is 1.38 bits per heavy atom. The second-order valence-corrected chi connectivity index (χ2v) is 4.40. The fourth-order valence-electron chi connectivity index (χ4n) is 1.03. The highest BCUT2D eigenvalue weighted by molar-refractivity contribution is 9.11. The van der Waals surface area contributed by atoms with Crippen LogP contribution in [0, 0.1) is 0 Å². The van der Waals surface area contributed by atoms with Crippen LogP contribution in [0.4, 0.5) is 8.78 Å². The van der Waals surface area contributed by atoms with E-state index in [0.29, 0.717) is 4.47 Å². The first-order valence-electron chi connectivity index (χ1n) is 3.98. The highest BCUT2D eigenvalue weighted by Gasteiger charge is 2.20. The van der Waals surface area contributed by atoms with Crippen molar-refractivity contribution in [1.29, 1.82) is 0 Å². The number of halogens is 4. The Labute approximate surface area is 107 Å². The van der Waals surface area contributed by atoms with Gasteiger partial charge in [0, 0.05) is 4.47 Å². The van der Waals surface area contributed by atoms with Gasteiger partial charge < -0.3 is 9.47 Å². The molecular weight excluding hydrogens is 354 g/mol. The lowest BCUT2D eigenvalue weighted by Crippen LogP contribution is -2.10. The van der Waals surface area contributed by atoms with Crippen LogP contribution in [-0.2, 0) is 4.74 Å². The number of carbonyl (C=O) groups is 1. The lowest BCUT2D eigenvalue weighted by Gasteiger charge is -2.11. The molecule has 16 heavy (non-hydrogen) atoms. The van der Waals surface area contributed by atoms with Crippen LogP contribution in [0.3, 0.4) is 0 Å². The first-order chi connectivity index (χ1) is 7.45. The van der Waals surface area contributed by atoms with Crippen LogP contribution in [0.2, 0.25) is 0 Å². The van der Waals surface area contributed by atoms with Gasteiger partial charge in [0.1, 0.15) is 5.56 Å². The van der Waals surface area contributed by atoms with Gasteiger partial charge in [-0.05, 0) is 28.1 Å². The lowest BCUT2D eigenvalue weighted by molar-refractivity contribution is -0.0509. The summed E-state index contributed by atoms with van der Waals surface area (Å²) in [4.78, 5) is 11.3. The molecule has 88 valence electrons. The van der Waals surface area contributed by atoms with E-state index in [9.17, 15) is 13.6 Å². The van der Waals surface area contributed by atoms with E-state index in [4.69, 9.17) is 0 Å². The van der Waals surface area contributed by atoms with E-state index in [1.165, 1.54) is 12.1 Å². The molecule has 0 amide bonds. The van der Waals surface area contributed by atoms with E-state index in [-0.39, 0.29) is 15.8 Å². The van der Waals surface area contributed by atoms with E-state index in [1.807, 2.05) is 0 Å². The van der Waals surface area contributed by atoms with E-state index in [1.54, 1.807) is 0 Å². The number of benzene rings is 1. The summed E-state index contributed by atoms with van der Waals surface area (Å²) < 4.78 is 33.8. The fraction of sp³-hybridized carbons (Fsp3) is 0.222. The predicted molar refractivity (Wildman–Crippen MR) is 59.8 cm³/mol. The van der Waals surface area contributed by atoms with E-state index in [2.05, 4.69) is 41.3 Å². The van der Waals surface area contributed by atoms with Crippen LogP contribution in [0.1, 0.15) is 10.4 Å². The molecule has 7 heteroatoms. The molecule has 0 heterocycles. The van der Waals surface area contributed by atoms with Gasteiger partial charge in [0.25, 0.3) is 0 Å². The summed E-state index contributed by atoms with van der Waals surface area (Å²) in [5, 5.41) is 0. The molecule has 1 aromatic rings. The van der Waals surface area contributed by atoms with Gasteiger partial charge in [0.15, 0.2) is 5.75 Å². The van der Waals surface area contributed by atoms with Crippen molar-refractivity contribution in [1.82, 2.24) is 0 Å². The zero-order valence-electron chi connectivity index (χ0n) is 7.97. The van der Waals surface area contributed by atoms with Crippen LogP contribution < -0.4 is 4.74 Å². The molecule has 0 N–H and O–H groups in total. The van der Waals surface area contributed by atoms with E-state index in [0.717, 1.165) is 7.11 Å². The average molecular weight is 360 g/mol. The normalized spacial score (nSPS) is 10.4. The van der Waals surface area contributed by atoms with Gasteiger partial charge in [-0.1, -0.05) is 15.9 Å². The summed E-state index contributed by atoms with van der Waals surface area (Å²) in [6.45, 7) is -3.01. The third kappa shape index (κ3) is 3.15. The molecule has 0 bridgehead atoms. The summed E-state index contributed by atoms with van der Waals surface area (Å²) in [6, 6.07) is 2.83. The van der Waals surface area contributed by atoms with Crippen molar-refractivity contribution in [2.75, 3.05) is 7.11 Å². The molecule has 0 radical (unpaired) electrons. The molecule has 0 aromatic heterocycles. The second-order valence-electron chi connectivity index (χ2n) is 2.63. The minimum Gasteiger partial charge on any atom is -0.465 e. The van der Waals surface area contributed by atoms with Crippen molar-refractivity contribution in [3.05, 3.63) is 26.6 Å². The van der Waals surface area contributed by atoms with Crippen molar-refractivity contribution < 1.29 is 23.0 Å². The van der Waals surface area contributed by atoms with Crippen molar-refractivity contribution in [3.63, 3.8) is 0 Å². The molecule has 0 aliphatic carbocycles. The SMILES string of the molecule is COC(=O)c1cc(Br)cc(Br)c1OC(F)F. The van der Waals surface area contributed by atoms with Gasteiger partial charge in [-0.2, -0.15) is 8.78 Å². The fourth-order valence-corrected chi connectivity index (χ4v) is 2.35. The molecule has 0 saturated carbocycles. The van der Waals surface area contributed by atoms with E-state index >= 15 is 0 Å². The molecule has 0 spiro atoms. The zero-order valence-corrected chi connectivity index (χ0v) is 11.1. The second kappa shape index (κ2) is 5.58. The molecule has 0 unspecified atom stereocenters. The van der Waals surface area contributed by atoms with Crippen molar-refractivity contribution in [3.8, 4) is 5.75 Å². The van der Waals surface area contributed by atoms with Gasteiger partial charge in [-0.3, -0.25) is 0 Å². The third-order valence-electron chi connectivity index (χ3n) is 1.62. The molecular formula is C9H6Br2F2O3. The molecule has 0 saturated heterocycles. The number of rotatable bonds is 3. The summed E-state index contributed by atoms with van der Waals surface area (Å²) >= 11 is 6.16. The van der Waals surface area contributed by atoms with Gasteiger partial charge in [0.2, 0.25) is 0 Å². The number of esters is 1. The quantitative estimate of drug-likeness (QED) is 0.773. The molecule has 0 aliphatic rings. The molecule has 1 aromatic carbocycles. The Morgan fingerprint density at radius 2 is 2.00 bits per heavy atom. The molecule has 3 nitrogen and oxygen atoms in total. The Balaban J connectivity index is 3.26. The molecule has 1 rings (SSSR count). The highest BCUT2D eigenvalue weighted by atomic mass is 79.9. The number of hydrogen-bond acceptors (Lipinski definition) is 3. The minimum absolute atomic E-state index is 0.0796. The van der Waals surface area contributed by atoms with Gasteiger partial charge in [-0.15, -0.1) is 0 Å². The number of carbonyl (C=O) groups excluding carboxylic acids is 1. The van der Waals surface area contributed by atoms with Crippen molar-refractivity contribution >= 4 is 37.8 Å².